The van der Waals surface area contributed by atoms with E-state index < -0.39 is 0 Å². The molecule has 0 atom stereocenters. The quantitative estimate of drug-likeness (QED) is 0.278. The summed E-state index contributed by atoms with van der Waals surface area (Å²) in [6, 6.07) is 0. The topological polar surface area (TPSA) is 85.6 Å². The van der Waals surface area contributed by atoms with Crippen LogP contribution in [0.4, 0.5) is 0 Å². The maximum Gasteiger partial charge on any atom is 0.191 e. The number of unbranched alkanes of at least 4 members (excludes halogenated alkanes) is 1. The third-order valence-corrected chi connectivity index (χ3v) is 3.83. The number of aryl methyl sites for hydroxylation is 1. The highest BCUT2D eigenvalue weighted by Gasteiger charge is 2.02. The van der Waals surface area contributed by atoms with Crippen LogP contribution in [0.5, 0.6) is 0 Å². The van der Waals surface area contributed by atoms with Gasteiger partial charge in [0.25, 0.3) is 0 Å². The molecule has 0 bridgehead atoms. The number of hydrogen-bond donors (Lipinski definition) is 2. The van der Waals surface area contributed by atoms with Gasteiger partial charge in [0.15, 0.2) is 5.96 Å². The first-order valence-electron chi connectivity index (χ1n) is 9.77. The number of aliphatic imine (C=N–C) groups is 1. The van der Waals surface area contributed by atoms with Crippen LogP contribution in [-0.4, -0.2) is 67.3 Å². The first-order chi connectivity index (χ1) is 12.8. The standard InChI is InChI=1S/C18H36N6O2/c1-4-6-14-26-15-8-10-20-18(19-9-7-13-25-3)21-11-12-24-16-22-23-17(24)5-2/h16H,4-15H2,1-3H3,(H2,19,20,21). The lowest BCUT2D eigenvalue weighted by Gasteiger charge is -2.13. The third kappa shape index (κ3) is 10.4. The Morgan fingerprint density at radius 1 is 1.12 bits per heavy atom. The van der Waals surface area contributed by atoms with Crippen molar-refractivity contribution >= 4 is 5.96 Å². The molecule has 0 fully saturated rings. The molecule has 1 rings (SSSR count). The average Bonchev–Trinajstić information content (AvgIpc) is 3.11. The van der Waals surface area contributed by atoms with E-state index in [9.17, 15) is 0 Å². The Labute approximate surface area is 157 Å². The molecule has 8 nitrogen and oxygen atoms in total. The number of aromatic nitrogens is 3. The molecular formula is C18H36N6O2. The van der Waals surface area contributed by atoms with E-state index >= 15 is 0 Å². The van der Waals surface area contributed by atoms with Crippen molar-refractivity contribution in [3.8, 4) is 0 Å². The molecule has 0 aliphatic carbocycles. The summed E-state index contributed by atoms with van der Waals surface area (Å²) < 4.78 is 12.7. The van der Waals surface area contributed by atoms with Crippen molar-refractivity contribution in [2.45, 2.75) is 52.5 Å². The lowest BCUT2D eigenvalue weighted by atomic mass is 10.4. The number of guanidine groups is 1. The predicted molar refractivity (Wildman–Crippen MR) is 105 cm³/mol. The van der Waals surface area contributed by atoms with Crippen molar-refractivity contribution < 1.29 is 9.47 Å². The Morgan fingerprint density at radius 2 is 1.92 bits per heavy atom. The van der Waals surface area contributed by atoms with Crippen molar-refractivity contribution in [2.24, 2.45) is 4.99 Å². The summed E-state index contributed by atoms with van der Waals surface area (Å²) in [5.41, 5.74) is 0. The molecule has 150 valence electrons. The summed E-state index contributed by atoms with van der Waals surface area (Å²) in [5, 5.41) is 14.8. The SMILES string of the molecule is CCCCOCCCNC(=NCCCOC)NCCn1cnnc1CC. The van der Waals surface area contributed by atoms with Gasteiger partial charge in [0.2, 0.25) is 0 Å². The van der Waals surface area contributed by atoms with Crippen LogP contribution in [0.25, 0.3) is 0 Å². The highest BCUT2D eigenvalue weighted by molar-refractivity contribution is 5.79. The van der Waals surface area contributed by atoms with E-state index in [0.717, 1.165) is 83.5 Å². The summed E-state index contributed by atoms with van der Waals surface area (Å²) >= 11 is 0. The minimum Gasteiger partial charge on any atom is -0.385 e. The summed E-state index contributed by atoms with van der Waals surface area (Å²) in [4.78, 5) is 4.60. The monoisotopic (exact) mass is 368 g/mol. The van der Waals surface area contributed by atoms with Gasteiger partial charge in [0.05, 0.1) is 0 Å². The smallest absolute Gasteiger partial charge is 0.191 e. The molecule has 0 unspecified atom stereocenters. The van der Waals surface area contributed by atoms with Crippen molar-refractivity contribution in [1.82, 2.24) is 25.4 Å². The normalized spacial score (nSPS) is 11.7. The fourth-order valence-electron chi connectivity index (χ4n) is 2.34. The molecule has 1 aromatic rings. The van der Waals surface area contributed by atoms with E-state index in [1.807, 2.05) is 0 Å². The van der Waals surface area contributed by atoms with Gasteiger partial charge in [-0.1, -0.05) is 20.3 Å². The Kier molecular flexibility index (Phi) is 13.4. The number of methoxy groups -OCH3 is 1. The van der Waals surface area contributed by atoms with Crippen LogP contribution in [0, 0.1) is 0 Å². The van der Waals surface area contributed by atoms with Crippen LogP contribution >= 0.6 is 0 Å². The van der Waals surface area contributed by atoms with Gasteiger partial charge in [0.1, 0.15) is 12.2 Å². The molecule has 0 amide bonds. The molecule has 0 radical (unpaired) electrons. The predicted octanol–water partition coefficient (Wildman–Crippen LogP) is 1.62. The zero-order chi connectivity index (χ0) is 18.9. The molecule has 0 aliphatic rings. The van der Waals surface area contributed by atoms with Crippen LogP contribution in [0.3, 0.4) is 0 Å². The van der Waals surface area contributed by atoms with Gasteiger partial charge in [-0.25, -0.2) is 0 Å². The molecule has 8 heteroatoms. The van der Waals surface area contributed by atoms with Gasteiger partial charge < -0.3 is 24.7 Å². The molecule has 1 aromatic heterocycles. The molecule has 0 saturated heterocycles. The van der Waals surface area contributed by atoms with Gasteiger partial charge in [-0.05, 0) is 19.3 Å². The zero-order valence-corrected chi connectivity index (χ0v) is 16.7. The first kappa shape index (κ1) is 22.4. The first-order valence-corrected chi connectivity index (χ1v) is 9.77. The molecular weight excluding hydrogens is 332 g/mol. The largest absolute Gasteiger partial charge is 0.385 e. The van der Waals surface area contributed by atoms with Crippen molar-refractivity contribution in [1.29, 1.82) is 0 Å². The Balaban J connectivity index is 2.30. The minimum absolute atomic E-state index is 0.725. The molecule has 1 heterocycles. The zero-order valence-electron chi connectivity index (χ0n) is 16.7. The highest BCUT2D eigenvalue weighted by Crippen LogP contribution is 1.95. The fourth-order valence-corrected chi connectivity index (χ4v) is 2.34. The Bertz CT molecular complexity index is 478. The number of ether oxygens (including phenoxy) is 2. The summed E-state index contributed by atoms with van der Waals surface area (Å²) in [6.07, 6.45) is 6.84. The average molecular weight is 369 g/mol. The number of hydrogen-bond acceptors (Lipinski definition) is 5. The lowest BCUT2D eigenvalue weighted by Crippen LogP contribution is -2.40. The van der Waals surface area contributed by atoms with Crippen molar-refractivity contribution in [3.63, 3.8) is 0 Å². The second kappa shape index (κ2) is 15.6. The second-order valence-corrected chi connectivity index (χ2v) is 6.04. The summed E-state index contributed by atoms with van der Waals surface area (Å²) in [5.74, 6) is 1.84. The maximum atomic E-state index is 5.59. The number of nitrogens with one attached hydrogen (secondary N) is 2. The van der Waals surface area contributed by atoms with Gasteiger partial charge >= 0.3 is 0 Å². The summed E-state index contributed by atoms with van der Waals surface area (Å²) in [7, 11) is 1.71. The highest BCUT2D eigenvalue weighted by atomic mass is 16.5. The molecule has 0 spiro atoms. The van der Waals surface area contributed by atoms with Crippen LogP contribution in [0.2, 0.25) is 0 Å². The van der Waals surface area contributed by atoms with E-state index in [0.29, 0.717) is 0 Å². The van der Waals surface area contributed by atoms with Crippen LogP contribution in [-0.2, 0) is 22.4 Å². The van der Waals surface area contributed by atoms with Crippen molar-refractivity contribution in [2.75, 3.05) is 46.6 Å². The fraction of sp³-hybridized carbons (Fsp3) is 0.833. The Hall–Kier alpha value is -1.67. The number of rotatable bonds is 15. The molecule has 0 aromatic carbocycles. The molecule has 26 heavy (non-hydrogen) atoms. The Morgan fingerprint density at radius 3 is 2.69 bits per heavy atom. The van der Waals surface area contributed by atoms with E-state index in [-0.39, 0.29) is 0 Å². The number of nitrogens with zero attached hydrogens (tertiary/aromatic N) is 4. The van der Waals surface area contributed by atoms with Crippen LogP contribution < -0.4 is 10.6 Å². The molecule has 0 saturated carbocycles. The minimum atomic E-state index is 0.725. The summed E-state index contributed by atoms with van der Waals surface area (Å²) in [6.45, 7) is 9.78. The molecule has 2 N–H and O–H groups in total. The van der Waals surface area contributed by atoms with E-state index in [4.69, 9.17) is 9.47 Å². The van der Waals surface area contributed by atoms with Gasteiger partial charge in [-0.3, -0.25) is 4.99 Å². The maximum absolute atomic E-state index is 5.59. The lowest BCUT2D eigenvalue weighted by molar-refractivity contribution is 0.129. The van der Waals surface area contributed by atoms with Crippen LogP contribution in [0.15, 0.2) is 11.3 Å². The van der Waals surface area contributed by atoms with Gasteiger partial charge in [-0.2, -0.15) is 0 Å². The van der Waals surface area contributed by atoms with Crippen LogP contribution in [0.1, 0.15) is 45.4 Å². The van der Waals surface area contributed by atoms with E-state index in [1.54, 1.807) is 13.4 Å². The second-order valence-electron chi connectivity index (χ2n) is 6.04. The third-order valence-electron chi connectivity index (χ3n) is 3.83. The van der Waals surface area contributed by atoms with E-state index in [2.05, 4.69) is 44.2 Å². The van der Waals surface area contributed by atoms with Gasteiger partial charge in [-0.15, -0.1) is 10.2 Å². The van der Waals surface area contributed by atoms with E-state index in [1.165, 1.54) is 6.42 Å². The van der Waals surface area contributed by atoms with Crippen molar-refractivity contribution in [3.05, 3.63) is 12.2 Å². The molecule has 0 aliphatic heterocycles. The van der Waals surface area contributed by atoms with Gasteiger partial charge in [0, 0.05) is 59.5 Å².